The van der Waals surface area contributed by atoms with Gasteiger partial charge in [-0.05, 0) is 23.0 Å². The molecule has 0 aromatic heterocycles. The molecule has 0 N–H and O–H groups in total. The van der Waals surface area contributed by atoms with Crippen molar-refractivity contribution < 1.29 is 4.74 Å². The highest BCUT2D eigenvalue weighted by Crippen LogP contribution is 2.22. The third-order valence-corrected chi connectivity index (χ3v) is 3.99. The van der Waals surface area contributed by atoms with Crippen LogP contribution >= 0.6 is 0 Å². The van der Waals surface area contributed by atoms with Crippen molar-refractivity contribution in [1.29, 1.82) is 0 Å². The van der Waals surface area contributed by atoms with Crippen molar-refractivity contribution in [3.63, 3.8) is 0 Å². The molecule has 0 aliphatic rings. The van der Waals surface area contributed by atoms with Gasteiger partial charge in [-0.2, -0.15) is 0 Å². The highest BCUT2D eigenvalue weighted by molar-refractivity contribution is 5.53. The summed E-state index contributed by atoms with van der Waals surface area (Å²) in [5.41, 5.74) is 3.70. The minimum Gasteiger partial charge on any atom is -0.624 e. The van der Waals surface area contributed by atoms with E-state index in [-0.39, 0.29) is 0 Å². The molecule has 116 valence electrons. The Hall–Kier alpha value is -2.09. The largest absolute Gasteiger partial charge is 0.624 e. The molecule has 0 bridgehead atoms. The van der Waals surface area contributed by atoms with E-state index in [9.17, 15) is 5.21 Å². The quantitative estimate of drug-likeness (QED) is 0.316. The Morgan fingerprint density at radius 1 is 0.955 bits per heavy atom. The third-order valence-electron chi connectivity index (χ3n) is 3.99. The fourth-order valence-electron chi connectivity index (χ4n) is 2.46. The molecule has 0 fully saturated rings. The molecule has 0 amide bonds. The second kappa shape index (κ2) is 7.79. The lowest BCUT2D eigenvalue weighted by Crippen LogP contribution is -2.07. The van der Waals surface area contributed by atoms with Gasteiger partial charge in [0, 0.05) is 12.0 Å². The highest BCUT2D eigenvalue weighted by Gasteiger charge is 2.08. The Labute approximate surface area is 133 Å². The summed E-state index contributed by atoms with van der Waals surface area (Å²) in [5, 5.41) is 12.0. The summed E-state index contributed by atoms with van der Waals surface area (Å²) in [6, 6.07) is 18.5. The van der Waals surface area contributed by atoms with Gasteiger partial charge in [-0.1, -0.05) is 75.4 Å². The molecule has 0 heterocycles. The van der Waals surface area contributed by atoms with Gasteiger partial charge in [0.15, 0.2) is 12.8 Å². The predicted molar refractivity (Wildman–Crippen MR) is 93.4 cm³/mol. The van der Waals surface area contributed by atoms with E-state index in [1.165, 1.54) is 11.1 Å². The molecule has 2 heteroatoms. The van der Waals surface area contributed by atoms with Crippen LogP contribution in [0.2, 0.25) is 0 Å². The Bertz CT molecular complexity index is 617. The topological polar surface area (TPSA) is 26.1 Å². The zero-order valence-electron chi connectivity index (χ0n) is 13.7. The lowest BCUT2D eigenvalue weighted by Gasteiger charge is -2.13. The molecular weight excluding hydrogens is 270 g/mol. The molecule has 0 aliphatic heterocycles. The maximum atomic E-state index is 12.0. The van der Waals surface area contributed by atoms with Gasteiger partial charge in [-0.3, -0.25) is 0 Å². The van der Waals surface area contributed by atoms with E-state index in [1.54, 1.807) is 6.21 Å². The molecule has 2 aromatic rings. The van der Waals surface area contributed by atoms with E-state index in [2.05, 4.69) is 45.0 Å². The van der Waals surface area contributed by atoms with E-state index in [0.29, 0.717) is 18.4 Å². The molecule has 0 saturated carbocycles. The Kier molecular flexibility index (Phi) is 5.76. The van der Waals surface area contributed by atoms with Gasteiger partial charge in [-0.25, -0.2) is 4.74 Å². The van der Waals surface area contributed by atoms with Crippen molar-refractivity contribution in [3.05, 3.63) is 76.5 Å². The fraction of sp³-hybridized carbons (Fsp3) is 0.350. The van der Waals surface area contributed by atoms with Gasteiger partial charge in [0.1, 0.15) is 0 Å². The maximum Gasteiger partial charge on any atom is 0.178 e. The van der Waals surface area contributed by atoms with Crippen LogP contribution in [0, 0.1) is 5.21 Å². The minimum absolute atomic E-state index is 0.353. The van der Waals surface area contributed by atoms with Gasteiger partial charge in [0.25, 0.3) is 0 Å². The van der Waals surface area contributed by atoms with Gasteiger partial charge in [-0.15, -0.1) is 0 Å². The van der Waals surface area contributed by atoms with Crippen LogP contribution in [-0.2, 0) is 6.54 Å². The van der Waals surface area contributed by atoms with E-state index in [0.717, 1.165) is 16.7 Å². The molecule has 0 spiro atoms. The van der Waals surface area contributed by atoms with Crippen molar-refractivity contribution in [3.8, 4) is 0 Å². The monoisotopic (exact) mass is 295 g/mol. The SMILES string of the molecule is CC(C)c1cccc(C(C)C/C=[N+](/[O-])Cc2ccccc2)c1. The fourth-order valence-corrected chi connectivity index (χ4v) is 2.46. The molecule has 0 aliphatic carbocycles. The number of hydrogen-bond donors (Lipinski definition) is 0. The molecule has 22 heavy (non-hydrogen) atoms. The molecule has 2 nitrogen and oxygen atoms in total. The van der Waals surface area contributed by atoms with Crippen LogP contribution < -0.4 is 0 Å². The third kappa shape index (κ3) is 4.73. The Morgan fingerprint density at radius 2 is 1.64 bits per heavy atom. The predicted octanol–water partition coefficient (Wildman–Crippen LogP) is 5.08. The van der Waals surface area contributed by atoms with Crippen LogP contribution in [0.1, 0.15) is 55.7 Å². The zero-order chi connectivity index (χ0) is 15.9. The zero-order valence-corrected chi connectivity index (χ0v) is 13.7. The van der Waals surface area contributed by atoms with E-state index < -0.39 is 0 Å². The first kappa shape index (κ1) is 16.3. The summed E-state index contributed by atoms with van der Waals surface area (Å²) >= 11 is 0. The van der Waals surface area contributed by atoms with E-state index >= 15 is 0 Å². The molecule has 1 atom stereocenters. The maximum absolute atomic E-state index is 12.0. The summed E-state index contributed by atoms with van der Waals surface area (Å²) in [5.74, 6) is 0.885. The summed E-state index contributed by atoms with van der Waals surface area (Å²) in [7, 11) is 0. The van der Waals surface area contributed by atoms with E-state index in [1.807, 2.05) is 30.3 Å². The van der Waals surface area contributed by atoms with Crippen LogP contribution in [0.4, 0.5) is 0 Å². The number of hydrogen-bond acceptors (Lipinski definition) is 1. The smallest absolute Gasteiger partial charge is 0.178 e. The molecular formula is C20H25NO. The lowest BCUT2D eigenvalue weighted by molar-refractivity contribution is -0.471. The second-order valence-corrected chi connectivity index (χ2v) is 6.20. The van der Waals surface area contributed by atoms with Gasteiger partial charge in [0.2, 0.25) is 0 Å². The van der Waals surface area contributed by atoms with Crippen LogP contribution in [0.5, 0.6) is 0 Å². The summed E-state index contributed by atoms with van der Waals surface area (Å²) in [6.45, 7) is 7.00. The number of rotatable bonds is 6. The standard InChI is InChI=1S/C20H25NO/c1-16(2)19-10-7-11-20(14-19)17(3)12-13-21(22)15-18-8-5-4-6-9-18/h4-11,13-14,16-17H,12,15H2,1-3H3/b21-13+. The first-order valence-electron chi connectivity index (χ1n) is 7.97. The number of nitrogens with zero attached hydrogens (tertiary/aromatic N) is 1. The minimum atomic E-state index is 0.353. The first-order valence-corrected chi connectivity index (χ1v) is 7.97. The second-order valence-electron chi connectivity index (χ2n) is 6.20. The average molecular weight is 295 g/mol. The molecule has 2 rings (SSSR count). The Balaban J connectivity index is 1.98. The van der Waals surface area contributed by atoms with Gasteiger partial charge < -0.3 is 5.21 Å². The summed E-state index contributed by atoms with van der Waals surface area (Å²) < 4.78 is 1.04. The summed E-state index contributed by atoms with van der Waals surface area (Å²) in [4.78, 5) is 0. The van der Waals surface area contributed by atoms with Crippen molar-refractivity contribution in [2.45, 2.75) is 45.6 Å². The first-order chi connectivity index (χ1) is 10.6. The van der Waals surface area contributed by atoms with Crippen molar-refractivity contribution in [2.75, 3.05) is 0 Å². The average Bonchev–Trinajstić information content (AvgIpc) is 2.53. The molecule has 1 unspecified atom stereocenters. The number of benzene rings is 2. The number of hydroxylamine groups is 1. The van der Waals surface area contributed by atoms with Crippen LogP contribution in [-0.4, -0.2) is 11.0 Å². The Morgan fingerprint density at radius 3 is 2.32 bits per heavy atom. The summed E-state index contributed by atoms with van der Waals surface area (Å²) in [6.07, 6.45) is 2.53. The van der Waals surface area contributed by atoms with Gasteiger partial charge in [0.05, 0.1) is 0 Å². The van der Waals surface area contributed by atoms with Crippen molar-refractivity contribution in [2.24, 2.45) is 0 Å². The van der Waals surface area contributed by atoms with Gasteiger partial charge >= 0.3 is 0 Å². The van der Waals surface area contributed by atoms with Crippen LogP contribution in [0.15, 0.2) is 54.6 Å². The highest BCUT2D eigenvalue weighted by atomic mass is 16.5. The molecule has 2 aromatic carbocycles. The molecule has 0 saturated heterocycles. The van der Waals surface area contributed by atoms with Crippen molar-refractivity contribution >= 4 is 6.21 Å². The van der Waals surface area contributed by atoms with Crippen molar-refractivity contribution in [1.82, 2.24) is 0 Å². The van der Waals surface area contributed by atoms with E-state index in [4.69, 9.17) is 0 Å². The lowest BCUT2D eigenvalue weighted by atomic mass is 9.93. The van der Waals surface area contributed by atoms with Crippen LogP contribution in [0.3, 0.4) is 0 Å². The van der Waals surface area contributed by atoms with Crippen LogP contribution in [0.25, 0.3) is 0 Å². The normalized spacial score (nSPS) is 13.4. The molecule has 0 radical (unpaired) electrons.